The molecule has 6 aliphatic rings. The largest absolute Gasteiger partial charge is 0.381 e. The minimum atomic E-state index is 0.438. The molecule has 3 nitrogen and oxygen atoms in total. The van der Waals surface area contributed by atoms with E-state index in [0.717, 1.165) is 12.3 Å². The first-order chi connectivity index (χ1) is 16.6. The molecule has 3 saturated carbocycles. The first-order valence-electron chi connectivity index (χ1n) is 13.8. The molecule has 178 valence electrons. The molecule has 34 heavy (non-hydrogen) atoms. The third-order valence-electron chi connectivity index (χ3n) is 9.66. The number of anilines is 1. The molecule has 4 fully saturated rings. The van der Waals surface area contributed by atoms with E-state index in [9.17, 15) is 0 Å². The van der Waals surface area contributed by atoms with Crippen LogP contribution in [0.3, 0.4) is 0 Å². The summed E-state index contributed by atoms with van der Waals surface area (Å²) >= 11 is 0. The van der Waals surface area contributed by atoms with Crippen LogP contribution in [-0.4, -0.2) is 47.1 Å². The molecule has 4 aliphatic carbocycles. The number of hydrogen-bond donors (Lipinski definition) is 1. The maximum absolute atomic E-state index is 3.83. The highest BCUT2D eigenvalue weighted by Crippen LogP contribution is 2.65. The zero-order valence-electron chi connectivity index (χ0n) is 20.9. The van der Waals surface area contributed by atoms with E-state index >= 15 is 0 Å². The number of rotatable bonds is 6. The Kier molecular flexibility index (Phi) is 4.97. The van der Waals surface area contributed by atoms with Gasteiger partial charge in [-0.05, 0) is 104 Å². The molecule has 0 aromatic heterocycles. The zero-order chi connectivity index (χ0) is 22.9. The van der Waals surface area contributed by atoms with Crippen LogP contribution in [0.2, 0.25) is 0 Å². The highest BCUT2D eigenvalue weighted by molar-refractivity contribution is 5.79. The van der Waals surface area contributed by atoms with Gasteiger partial charge in [-0.2, -0.15) is 0 Å². The van der Waals surface area contributed by atoms with E-state index in [4.69, 9.17) is 0 Å². The molecule has 2 aromatic rings. The molecule has 0 amide bonds. The molecule has 0 unspecified atom stereocenters. The Morgan fingerprint density at radius 2 is 1.82 bits per heavy atom. The monoisotopic (exact) mass is 453 g/mol. The van der Waals surface area contributed by atoms with Crippen molar-refractivity contribution in [2.45, 2.75) is 82.5 Å². The lowest BCUT2D eigenvalue weighted by atomic mass is 9.48. The Balaban J connectivity index is 1.18. The number of nitrogens with one attached hydrogen (secondary N) is 1. The quantitative estimate of drug-likeness (QED) is 0.555. The Hall–Kier alpha value is -2.10. The Morgan fingerprint density at radius 1 is 1.03 bits per heavy atom. The maximum atomic E-state index is 3.83. The van der Waals surface area contributed by atoms with Gasteiger partial charge in [0.15, 0.2) is 0 Å². The summed E-state index contributed by atoms with van der Waals surface area (Å²) in [4.78, 5) is 5.57. The van der Waals surface area contributed by atoms with Crippen molar-refractivity contribution in [2.24, 2.45) is 5.92 Å². The van der Waals surface area contributed by atoms with Crippen molar-refractivity contribution in [3.05, 3.63) is 70.8 Å². The van der Waals surface area contributed by atoms with Crippen LogP contribution in [0.15, 0.2) is 54.1 Å². The topological polar surface area (TPSA) is 18.5 Å². The summed E-state index contributed by atoms with van der Waals surface area (Å²) in [7, 11) is 0. The normalized spacial score (nSPS) is 34.4. The van der Waals surface area contributed by atoms with Gasteiger partial charge in [-0.3, -0.25) is 4.90 Å². The van der Waals surface area contributed by atoms with Crippen molar-refractivity contribution >= 4 is 11.3 Å². The van der Waals surface area contributed by atoms with E-state index < -0.39 is 0 Å². The lowest BCUT2D eigenvalue weighted by molar-refractivity contribution is -0.173. The van der Waals surface area contributed by atoms with Crippen molar-refractivity contribution in [1.82, 2.24) is 9.80 Å². The summed E-state index contributed by atoms with van der Waals surface area (Å²) in [5.74, 6) is 1.01. The van der Waals surface area contributed by atoms with E-state index in [2.05, 4.69) is 77.5 Å². The summed E-state index contributed by atoms with van der Waals surface area (Å²) in [5.41, 5.74) is 9.68. The lowest BCUT2D eigenvalue weighted by Crippen LogP contribution is -2.71. The van der Waals surface area contributed by atoms with Crippen LogP contribution in [0.25, 0.3) is 5.57 Å². The summed E-state index contributed by atoms with van der Waals surface area (Å²) in [5, 5.41) is 3.83. The van der Waals surface area contributed by atoms with Crippen LogP contribution < -0.4 is 5.32 Å². The smallest absolute Gasteiger partial charge is 0.0578 e. The van der Waals surface area contributed by atoms with E-state index in [0.29, 0.717) is 23.7 Å². The van der Waals surface area contributed by atoms with Gasteiger partial charge in [0, 0.05) is 36.4 Å². The van der Waals surface area contributed by atoms with E-state index in [1.54, 1.807) is 16.7 Å². The zero-order valence-corrected chi connectivity index (χ0v) is 20.9. The molecule has 3 atom stereocenters. The van der Waals surface area contributed by atoms with Gasteiger partial charge in [-0.25, -0.2) is 0 Å². The average molecular weight is 454 g/mol. The fourth-order valence-electron chi connectivity index (χ4n) is 8.09. The van der Waals surface area contributed by atoms with Gasteiger partial charge in [0.05, 0.1) is 6.04 Å². The van der Waals surface area contributed by atoms with Gasteiger partial charge in [0.1, 0.15) is 0 Å². The van der Waals surface area contributed by atoms with Crippen LogP contribution in [0.4, 0.5) is 5.69 Å². The number of likely N-dealkylation sites (tertiary alicyclic amines) is 1. The van der Waals surface area contributed by atoms with Gasteiger partial charge in [-0.15, -0.1) is 0 Å². The first-order valence-corrected chi connectivity index (χ1v) is 13.8. The maximum Gasteiger partial charge on any atom is 0.0578 e. The number of fused-ring (bicyclic) bond motifs is 2. The summed E-state index contributed by atoms with van der Waals surface area (Å²) in [6, 6.07) is 20.4. The predicted octanol–water partition coefficient (Wildman–Crippen LogP) is 6.28. The molecule has 2 aliphatic heterocycles. The minimum Gasteiger partial charge on any atom is -0.381 e. The lowest BCUT2D eigenvalue weighted by Gasteiger charge is -2.70. The molecule has 2 bridgehead atoms. The van der Waals surface area contributed by atoms with E-state index in [1.807, 2.05) is 0 Å². The van der Waals surface area contributed by atoms with Crippen molar-refractivity contribution in [1.29, 1.82) is 0 Å². The van der Waals surface area contributed by atoms with Crippen LogP contribution in [0, 0.1) is 5.92 Å². The number of benzene rings is 2. The van der Waals surface area contributed by atoms with Crippen LogP contribution in [-0.2, 0) is 6.42 Å². The van der Waals surface area contributed by atoms with Gasteiger partial charge < -0.3 is 10.2 Å². The molecular weight excluding hydrogens is 414 g/mol. The molecule has 2 heterocycles. The molecule has 2 aromatic carbocycles. The second-order valence-electron chi connectivity index (χ2n) is 12.0. The third-order valence-corrected chi connectivity index (χ3v) is 9.66. The highest BCUT2D eigenvalue weighted by atomic mass is 15.3. The van der Waals surface area contributed by atoms with Crippen molar-refractivity contribution in [3.8, 4) is 0 Å². The molecule has 1 saturated heterocycles. The molecular formula is C31H39N3. The van der Waals surface area contributed by atoms with Crippen LogP contribution in [0.1, 0.15) is 75.1 Å². The fourth-order valence-corrected chi connectivity index (χ4v) is 8.09. The minimum absolute atomic E-state index is 0.438. The Morgan fingerprint density at radius 3 is 2.56 bits per heavy atom. The van der Waals surface area contributed by atoms with Gasteiger partial charge >= 0.3 is 0 Å². The Labute approximate surface area is 205 Å². The van der Waals surface area contributed by atoms with Crippen LogP contribution in [0.5, 0.6) is 0 Å². The summed E-state index contributed by atoms with van der Waals surface area (Å²) < 4.78 is 0. The van der Waals surface area contributed by atoms with Gasteiger partial charge in [-0.1, -0.05) is 43.3 Å². The molecule has 0 radical (unpaired) electrons. The second kappa shape index (κ2) is 7.96. The standard InChI is InChI=1S/C31H39N3/c1-3-13-33-14-12-26(20-33)32-25-10-8-23(9-11-25)30-29-16-24-6-4-5-7-27(24)28(29)15-21(2)34(30)31-17-22(18-31)19-31/h4-11,21-22,26,30,32H,3,12-20H2,1-2H3/t21-,22?,26+,30-,31?/m1/s1. The fraction of sp³-hybridized carbons (Fsp3) is 0.548. The van der Waals surface area contributed by atoms with E-state index in [-0.39, 0.29) is 0 Å². The van der Waals surface area contributed by atoms with Crippen molar-refractivity contribution in [3.63, 3.8) is 0 Å². The first kappa shape index (κ1) is 21.2. The molecule has 8 rings (SSSR count). The number of nitrogens with zero attached hydrogens (tertiary/aromatic N) is 2. The summed E-state index contributed by atoms with van der Waals surface area (Å²) in [6.45, 7) is 8.43. The predicted molar refractivity (Wildman–Crippen MR) is 141 cm³/mol. The summed E-state index contributed by atoms with van der Waals surface area (Å²) in [6.07, 6.45) is 9.14. The van der Waals surface area contributed by atoms with Crippen molar-refractivity contribution < 1.29 is 0 Å². The molecule has 0 spiro atoms. The highest BCUT2D eigenvalue weighted by Gasteiger charge is 2.63. The third kappa shape index (κ3) is 3.23. The van der Waals surface area contributed by atoms with Crippen molar-refractivity contribution in [2.75, 3.05) is 25.0 Å². The van der Waals surface area contributed by atoms with Gasteiger partial charge in [0.25, 0.3) is 0 Å². The molecule has 3 heteroatoms. The van der Waals surface area contributed by atoms with Crippen LogP contribution >= 0.6 is 0 Å². The van der Waals surface area contributed by atoms with Gasteiger partial charge in [0.2, 0.25) is 0 Å². The second-order valence-corrected chi connectivity index (χ2v) is 12.0. The number of hydrogen-bond acceptors (Lipinski definition) is 3. The van der Waals surface area contributed by atoms with E-state index in [1.165, 1.54) is 75.0 Å². The Bertz CT molecular complexity index is 1100. The average Bonchev–Trinajstić information content (AvgIpc) is 3.37. The SMILES string of the molecule is CCCN1CC[C@H](Nc2ccc([C@@H]3C4=C(C[C@@H](C)N3C35CC(C3)C5)c3ccccc3C4)cc2)C1. The molecule has 1 N–H and O–H groups in total.